The smallest absolute Gasteiger partial charge is 0.322 e. The summed E-state index contributed by atoms with van der Waals surface area (Å²) in [6, 6.07) is 16.9. The van der Waals surface area contributed by atoms with Crippen LogP contribution in [0.1, 0.15) is 27.2 Å². The zero-order valence-electron chi connectivity index (χ0n) is 18.9. The van der Waals surface area contributed by atoms with Crippen LogP contribution < -0.4 is 10.2 Å². The summed E-state index contributed by atoms with van der Waals surface area (Å²) in [6.45, 7) is 0.562. The molecule has 0 unspecified atom stereocenters. The van der Waals surface area contributed by atoms with E-state index in [2.05, 4.69) is 10.3 Å². The molecule has 1 aromatic heterocycles. The van der Waals surface area contributed by atoms with Gasteiger partial charge in [-0.15, -0.1) is 11.3 Å². The average molecular weight is 508 g/mol. The first-order chi connectivity index (χ1) is 17.3. The molecule has 1 aliphatic rings. The minimum atomic E-state index is -4.43. The molecular formula is C27H20F3N3O2S. The number of amides is 2. The van der Waals surface area contributed by atoms with Gasteiger partial charge in [-0.1, -0.05) is 30.3 Å². The van der Waals surface area contributed by atoms with Crippen molar-refractivity contribution in [3.63, 3.8) is 0 Å². The molecule has 3 aromatic carbocycles. The standard InChI is InChI=1S/C27H20F3N3O2S/c28-27(29,30)19-7-5-17(6-8-19)22-3-1-2-4-23(22)26(35)32-20-9-10-24-18(13-20)11-12-33(24)25(34)14-21-15-36-16-31-21/h1-10,13,15-16H,11-12,14H2,(H,32,35). The number of benzene rings is 3. The lowest BCUT2D eigenvalue weighted by atomic mass is 9.98. The van der Waals surface area contributed by atoms with Gasteiger partial charge in [-0.25, -0.2) is 4.98 Å². The monoisotopic (exact) mass is 507 g/mol. The Labute approximate surface area is 209 Å². The molecule has 0 bridgehead atoms. The topological polar surface area (TPSA) is 62.3 Å². The number of hydrogen-bond acceptors (Lipinski definition) is 4. The van der Waals surface area contributed by atoms with E-state index in [1.165, 1.54) is 23.5 Å². The van der Waals surface area contributed by atoms with Gasteiger partial charge in [0.1, 0.15) is 0 Å². The fourth-order valence-corrected chi connectivity index (χ4v) is 4.84. The Hall–Kier alpha value is -3.98. The number of rotatable bonds is 5. The predicted molar refractivity (Wildman–Crippen MR) is 133 cm³/mol. The van der Waals surface area contributed by atoms with Gasteiger partial charge in [-0.05, 0) is 59.5 Å². The first-order valence-corrected chi connectivity index (χ1v) is 12.1. The molecule has 0 radical (unpaired) electrons. The molecule has 0 spiro atoms. The van der Waals surface area contributed by atoms with Crippen molar-refractivity contribution in [1.82, 2.24) is 4.98 Å². The quantitative estimate of drug-likeness (QED) is 0.349. The minimum absolute atomic E-state index is 0.0260. The molecule has 1 N–H and O–H groups in total. The van der Waals surface area contributed by atoms with Gasteiger partial charge in [0.2, 0.25) is 5.91 Å². The van der Waals surface area contributed by atoms with Gasteiger partial charge in [-0.2, -0.15) is 13.2 Å². The highest BCUT2D eigenvalue weighted by atomic mass is 32.1. The van der Waals surface area contributed by atoms with Crippen molar-refractivity contribution in [3.05, 3.63) is 100 Å². The molecular weight excluding hydrogens is 487 g/mol. The van der Waals surface area contributed by atoms with Crippen LogP contribution in [0.3, 0.4) is 0 Å². The normalized spacial score (nSPS) is 12.9. The van der Waals surface area contributed by atoms with E-state index in [-0.39, 0.29) is 18.2 Å². The Morgan fingerprint density at radius 2 is 1.81 bits per heavy atom. The van der Waals surface area contributed by atoms with E-state index in [1.807, 2.05) is 17.5 Å². The summed E-state index contributed by atoms with van der Waals surface area (Å²) in [7, 11) is 0. The molecule has 1 aliphatic heterocycles. The maximum Gasteiger partial charge on any atom is 0.416 e. The Morgan fingerprint density at radius 3 is 2.53 bits per heavy atom. The van der Waals surface area contributed by atoms with E-state index in [4.69, 9.17) is 0 Å². The molecule has 2 heterocycles. The molecule has 0 fully saturated rings. The van der Waals surface area contributed by atoms with Gasteiger partial charge in [-0.3, -0.25) is 9.59 Å². The van der Waals surface area contributed by atoms with Crippen molar-refractivity contribution < 1.29 is 22.8 Å². The molecule has 5 rings (SSSR count). The summed E-state index contributed by atoms with van der Waals surface area (Å²) in [4.78, 5) is 31.8. The van der Waals surface area contributed by atoms with Gasteiger partial charge in [0.25, 0.3) is 5.91 Å². The molecule has 0 atom stereocenters. The number of nitrogens with one attached hydrogen (secondary N) is 1. The number of nitrogens with zero attached hydrogens (tertiary/aromatic N) is 2. The number of carbonyl (C=O) groups is 2. The number of anilines is 2. The van der Waals surface area contributed by atoms with Crippen LogP contribution in [0.4, 0.5) is 24.5 Å². The molecule has 0 saturated carbocycles. The largest absolute Gasteiger partial charge is 0.416 e. The second kappa shape index (κ2) is 9.58. The van der Waals surface area contributed by atoms with Crippen LogP contribution in [0, 0.1) is 0 Å². The van der Waals surface area contributed by atoms with Gasteiger partial charge in [0.15, 0.2) is 0 Å². The van der Waals surface area contributed by atoms with Gasteiger partial charge < -0.3 is 10.2 Å². The van der Waals surface area contributed by atoms with Crippen LogP contribution in [0.25, 0.3) is 11.1 Å². The molecule has 182 valence electrons. The highest BCUT2D eigenvalue weighted by molar-refractivity contribution is 7.07. The number of hydrogen-bond donors (Lipinski definition) is 1. The SMILES string of the molecule is O=C(Nc1ccc2c(c1)CCN2C(=O)Cc1cscn1)c1ccccc1-c1ccc(C(F)(F)F)cc1. The maximum absolute atomic E-state index is 13.1. The summed E-state index contributed by atoms with van der Waals surface area (Å²) in [5, 5.41) is 4.74. The molecule has 0 saturated heterocycles. The van der Waals surface area contributed by atoms with Gasteiger partial charge in [0, 0.05) is 28.9 Å². The van der Waals surface area contributed by atoms with Crippen molar-refractivity contribution in [2.24, 2.45) is 0 Å². The van der Waals surface area contributed by atoms with E-state index < -0.39 is 11.7 Å². The van der Waals surface area contributed by atoms with Crippen molar-refractivity contribution in [2.45, 2.75) is 19.0 Å². The fraction of sp³-hybridized carbons (Fsp3) is 0.148. The average Bonchev–Trinajstić information content (AvgIpc) is 3.53. The van der Waals surface area contributed by atoms with Crippen LogP contribution in [0.15, 0.2) is 77.6 Å². The van der Waals surface area contributed by atoms with E-state index in [1.54, 1.807) is 40.7 Å². The summed E-state index contributed by atoms with van der Waals surface area (Å²) in [5.41, 5.74) is 5.44. The van der Waals surface area contributed by atoms with Crippen LogP contribution >= 0.6 is 11.3 Å². The van der Waals surface area contributed by atoms with Crippen molar-refractivity contribution >= 4 is 34.5 Å². The van der Waals surface area contributed by atoms with Gasteiger partial charge >= 0.3 is 6.18 Å². The Morgan fingerprint density at radius 1 is 1.03 bits per heavy atom. The molecule has 2 amide bonds. The molecule has 4 aromatic rings. The third-order valence-corrected chi connectivity index (χ3v) is 6.68. The number of halogens is 3. The lowest BCUT2D eigenvalue weighted by Gasteiger charge is -2.17. The first-order valence-electron chi connectivity index (χ1n) is 11.2. The van der Waals surface area contributed by atoms with E-state index in [9.17, 15) is 22.8 Å². The lowest BCUT2D eigenvalue weighted by Crippen LogP contribution is -2.30. The van der Waals surface area contributed by atoms with Crippen LogP contribution in [0.2, 0.25) is 0 Å². The minimum Gasteiger partial charge on any atom is -0.322 e. The van der Waals surface area contributed by atoms with E-state index in [0.29, 0.717) is 35.3 Å². The molecule has 9 heteroatoms. The van der Waals surface area contributed by atoms with Gasteiger partial charge in [0.05, 0.1) is 23.2 Å². The number of carbonyl (C=O) groups excluding carboxylic acids is 2. The second-order valence-electron chi connectivity index (χ2n) is 8.37. The third kappa shape index (κ3) is 4.87. The number of alkyl halides is 3. The Bertz CT molecular complexity index is 1420. The number of fused-ring (bicyclic) bond motifs is 1. The van der Waals surface area contributed by atoms with Crippen LogP contribution in [0.5, 0.6) is 0 Å². The lowest BCUT2D eigenvalue weighted by molar-refractivity contribution is -0.137. The molecule has 36 heavy (non-hydrogen) atoms. The third-order valence-electron chi connectivity index (χ3n) is 6.04. The molecule has 0 aliphatic carbocycles. The summed E-state index contributed by atoms with van der Waals surface area (Å²) in [5.74, 6) is -0.401. The van der Waals surface area contributed by atoms with Crippen LogP contribution in [-0.2, 0) is 23.8 Å². The highest BCUT2D eigenvalue weighted by Crippen LogP contribution is 2.33. The van der Waals surface area contributed by atoms with E-state index >= 15 is 0 Å². The Balaban J connectivity index is 1.33. The maximum atomic E-state index is 13.1. The zero-order chi connectivity index (χ0) is 25.3. The Kier molecular flexibility index (Phi) is 6.32. The first kappa shape index (κ1) is 23.7. The fourth-order valence-electron chi connectivity index (χ4n) is 4.28. The van der Waals surface area contributed by atoms with Crippen molar-refractivity contribution in [2.75, 3.05) is 16.8 Å². The van der Waals surface area contributed by atoms with E-state index in [0.717, 1.165) is 29.1 Å². The zero-order valence-corrected chi connectivity index (χ0v) is 19.7. The van der Waals surface area contributed by atoms with Crippen molar-refractivity contribution in [1.29, 1.82) is 0 Å². The predicted octanol–water partition coefficient (Wildman–Crippen LogP) is 6.21. The second-order valence-corrected chi connectivity index (χ2v) is 9.09. The van der Waals surface area contributed by atoms with Crippen molar-refractivity contribution in [3.8, 4) is 11.1 Å². The summed E-state index contributed by atoms with van der Waals surface area (Å²) < 4.78 is 38.8. The highest BCUT2D eigenvalue weighted by Gasteiger charge is 2.30. The summed E-state index contributed by atoms with van der Waals surface area (Å²) in [6.07, 6.45) is -3.52. The van der Waals surface area contributed by atoms with Crippen LogP contribution in [-0.4, -0.2) is 23.3 Å². The summed E-state index contributed by atoms with van der Waals surface area (Å²) >= 11 is 1.45. The number of thiazole rings is 1. The number of aromatic nitrogens is 1. The molecule has 5 nitrogen and oxygen atoms in total.